The van der Waals surface area contributed by atoms with Crippen molar-refractivity contribution in [2.75, 3.05) is 7.05 Å². The van der Waals surface area contributed by atoms with Crippen LogP contribution in [-0.2, 0) is 21.3 Å². The third-order valence-corrected chi connectivity index (χ3v) is 8.18. The Bertz CT molecular complexity index is 1350. The van der Waals surface area contributed by atoms with Crippen molar-refractivity contribution >= 4 is 30.1 Å². The summed E-state index contributed by atoms with van der Waals surface area (Å²) in [6, 6.07) is 25.1. The van der Waals surface area contributed by atoms with E-state index in [4.69, 9.17) is 14.0 Å². The first-order chi connectivity index (χ1) is 17.5. The molecule has 0 spiro atoms. The zero-order valence-electron chi connectivity index (χ0n) is 23.0. The van der Waals surface area contributed by atoms with Crippen molar-refractivity contribution in [1.82, 2.24) is 0 Å². The van der Waals surface area contributed by atoms with Crippen LogP contribution in [0.15, 0.2) is 78.9 Å². The fourth-order valence-corrected chi connectivity index (χ4v) is 5.13. The molecule has 190 valence electrons. The summed E-state index contributed by atoms with van der Waals surface area (Å²) in [4.78, 5) is 0. The molecule has 0 amide bonds. The number of hydrogen-bond donors (Lipinski definition) is 0. The molecule has 3 aromatic carbocycles. The summed E-state index contributed by atoms with van der Waals surface area (Å²) in [6.07, 6.45) is 4.39. The third-order valence-electron chi connectivity index (χ3n) is 8.18. The van der Waals surface area contributed by atoms with E-state index < -0.39 is 0 Å². The average molecular weight is 494 g/mol. The summed E-state index contributed by atoms with van der Waals surface area (Å²) < 4.78 is 20.9. The van der Waals surface area contributed by atoms with E-state index in [1.165, 1.54) is 17.0 Å². The van der Waals surface area contributed by atoms with Crippen LogP contribution in [0.4, 0.5) is 5.69 Å². The summed E-state index contributed by atoms with van der Waals surface area (Å²) in [5.74, 6) is 0.866. The van der Waals surface area contributed by atoms with Crippen LogP contribution in [0, 0.1) is 0 Å². The van der Waals surface area contributed by atoms with Crippen molar-refractivity contribution in [2.45, 2.75) is 64.8 Å². The van der Waals surface area contributed by atoms with Gasteiger partial charge in [-0.05, 0) is 64.7 Å². The van der Waals surface area contributed by atoms with E-state index in [1.807, 2.05) is 12.1 Å². The molecule has 1 fully saturated rings. The first-order valence-electron chi connectivity index (χ1n) is 13.0. The molecule has 0 atom stereocenters. The minimum absolute atomic E-state index is 0.0590. The van der Waals surface area contributed by atoms with Gasteiger partial charge >= 0.3 is 7.12 Å². The van der Waals surface area contributed by atoms with Gasteiger partial charge in [-0.3, -0.25) is 0 Å². The molecule has 2 aliphatic rings. The van der Waals surface area contributed by atoms with Gasteiger partial charge in [0.1, 0.15) is 19.4 Å². The monoisotopic (exact) mass is 494 g/mol. The standard InChI is InChI=1S/C32H37BNO3/c1-30(2)26-13-9-10-14-27(26)34(7)29(30)21-18-24-12-8-11-15-28(24)35-22-23-16-19-25(20-17-23)33-36-31(3,4)32(5,6)37-33/h8-21H,22H2,1-7H3/q+1/b21-18+. The Hall–Kier alpha value is -3.15. The second-order valence-corrected chi connectivity index (χ2v) is 11.6. The number of hydrogen-bond acceptors (Lipinski definition) is 3. The van der Waals surface area contributed by atoms with Crippen LogP contribution in [-0.4, -0.2) is 35.7 Å². The lowest BCUT2D eigenvalue weighted by molar-refractivity contribution is -0.401. The minimum Gasteiger partial charge on any atom is -0.488 e. The number of fused-ring (bicyclic) bond motifs is 1. The van der Waals surface area contributed by atoms with Crippen molar-refractivity contribution in [1.29, 1.82) is 0 Å². The highest BCUT2D eigenvalue weighted by atomic mass is 16.7. The summed E-state index contributed by atoms with van der Waals surface area (Å²) in [5.41, 5.74) is 6.31. The molecule has 2 heterocycles. The predicted octanol–water partition coefficient (Wildman–Crippen LogP) is 6.28. The molecule has 0 radical (unpaired) electrons. The van der Waals surface area contributed by atoms with Gasteiger partial charge in [-0.2, -0.15) is 4.58 Å². The van der Waals surface area contributed by atoms with Crippen molar-refractivity contribution in [2.24, 2.45) is 0 Å². The lowest BCUT2D eigenvalue weighted by Gasteiger charge is -2.32. The molecule has 3 aromatic rings. The summed E-state index contributed by atoms with van der Waals surface area (Å²) in [7, 11) is 1.79. The molecule has 1 saturated heterocycles. The van der Waals surface area contributed by atoms with Gasteiger partial charge in [0.15, 0.2) is 5.71 Å². The molecule has 5 rings (SSSR count). The lowest BCUT2D eigenvalue weighted by Crippen LogP contribution is -2.41. The van der Waals surface area contributed by atoms with Gasteiger partial charge in [0.2, 0.25) is 5.69 Å². The summed E-state index contributed by atoms with van der Waals surface area (Å²) >= 11 is 0. The van der Waals surface area contributed by atoms with Crippen LogP contribution in [0.1, 0.15) is 58.2 Å². The molecular weight excluding hydrogens is 457 g/mol. The quantitative estimate of drug-likeness (QED) is 0.298. The van der Waals surface area contributed by atoms with Crippen molar-refractivity contribution < 1.29 is 18.6 Å². The van der Waals surface area contributed by atoms with Crippen LogP contribution >= 0.6 is 0 Å². The fourth-order valence-electron chi connectivity index (χ4n) is 5.13. The summed E-state index contributed by atoms with van der Waals surface area (Å²) in [5, 5.41) is 0. The lowest BCUT2D eigenvalue weighted by atomic mass is 9.79. The second-order valence-electron chi connectivity index (χ2n) is 11.6. The highest BCUT2D eigenvalue weighted by molar-refractivity contribution is 6.62. The molecule has 0 unspecified atom stereocenters. The van der Waals surface area contributed by atoms with Crippen LogP contribution in [0.2, 0.25) is 0 Å². The number of rotatable bonds is 6. The van der Waals surface area contributed by atoms with Gasteiger partial charge in [-0.1, -0.05) is 60.7 Å². The van der Waals surface area contributed by atoms with Gasteiger partial charge in [0, 0.05) is 23.3 Å². The van der Waals surface area contributed by atoms with Gasteiger partial charge in [-0.15, -0.1) is 0 Å². The SMILES string of the molecule is C[N+]1=C(/C=C/c2ccccc2OCc2ccc(B3OC(C)(C)C(C)(C)O3)cc2)C(C)(C)c2ccccc21. The van der Waals surface area contributed by atoms with E-state index in [1.54, 1.807) is 0 Å². The number of allylic oxidation sites excluding steroid dienone is 1. The maximum absolute atomic E-state index is 6.27. The van der Waals surface area contributed by atoms with E-state index in [2.05, 4.69) is 126 Å². The van der Waals surface area contributed by atoms with Crippen LogP contribution < -0.4 is 10.2 Å². The van der Waals surface area contributed by atoms with Gasteiger partial charge in [-0.25, -0.2) is 0 Å². The van der Waals surface area contributed by atoms with E-state index in [9.17, 15) is 0 Å². The van der Waals surface area contributed by atoms with E-state index >= 15 is 0 Å². The van der Waals surface area contributed by atoms with E-state index in [-0.39, 0.29) is 23.7 Å². The van der Waals surface area contributed by atoms with Crippen LogP contribution in [0.25, 0.3) is 6.08 Å². The Labute approximate surface area is 221 Å². The number of nitrogens with zero attached hydrogens (tertiary/aromatic N) is 1. The molecule has 0 aliphatic carbocycles. The van der Waals surface area contributed by atoms with Gasteiger partial charge in [0.05, 0.1) is 16.6 Å². The molecule has 0 saturated carbocycles. The first kappa shape index (κ1) is 25.5. The Morgan fingerprint density at radius 1 is 0.784 bits per heavy atom. The number of ether oxygens (including phenoxy) is 1. The van der Waals surface area contributed by atoms with Crippen LogP contribution in [0.5, 0.6) is 5.75 Å². The van der Waals surface area contributed by atoms with Crippen molar-refractivity contribution in [3.8, 4) is 5.75 Å². The molecule has 0 N–H and O–H groups in total. The van der Waals surface area contributed by atoms with E-state index in [0.717, 1.165) is 22.3 Å². The Morgan fingerprint density at radius 2 is 1.41 bits per heavy atom. The number of benzene rings is 3. The molecule has 0 bridgehead atoms. The number of para-hydroxylation sites is 2. The van der Waals surface area contributed by atoms with Gasteiger partial charge < -0.3 is 14.0 Å². The highest BCUT2D eigenvalue weighted by Crippen LogP contribution is 2.39. The smallest absolute Gasteiger partial charge is 0.488 e. The van der Waals surface area contributed by atoms with Crippen molar-refractivity contribution in [3.05, 3.63) is 95.6 Å². The zero-order valence-corrected chi connectivity index (χ0v) is 23.0. The molecule has 0 aromatic heterocycles. The minimum atomic E-state index is -0.354. The van der Waals surface area contributed by atoms with E-state index in [0.29, 0.717) is 6.61 Å². The Kier molecular flexibility index (Phi) is 6.41. The first-order valence-corrected chi connectivity index (χ1v) is 13.0. The highest BCUT2D eigenvalue weighted by Gasteiger charge is 2.51. The predicted molar refractivity (Wildman–Crippen MR) is 152 cm³/mol. The second kappa shape index (κ2) is 9.31. The summed E-state index contributed by atoms with van der Waals surface area (Å²) in [6.45, 7) is 13.3. The Morgan fingerprint density at radius 3 is 2.08 bits per heavy atom. The molecular formula is C32H37BNO3+. The maximum atomic E-state index is 6.27. The normalized spacial score (nSPS) is 19.5. The van der Waals surface area contributed by atoms with Crippen molar-refractivity contribution in [3.63, 3.8) is 0 Å². The third kappa shape index (κ3) is 4.67. The molecule has 4 nitrogen and oxygen atoms in total. The largest absolute Gasteiger partial charge is 0.494 e. The molecule has 5 heteroatoms. The Balaban J connectivity index is 1.29. The van der Waals surface area contributed by atoms with Gasteiger partial charge in [0.25, 0.3) is 0 Å². The average Bonchev–Trinajstić information content (AvgIpc) is 3.21. The topological polar surface area (TPSA) is 30.7 Å². The fraction of sp³-hybridized carbons (Fsp3) is 0.344. The van der Waals surface area contributed by atoms with Crippen LogP contribution in [0.3, 0.4) is 0 Å². The zero-order chi connectivity index (χ0) is 26.4. The molecule has 2 aliphatic heterocycles. The molecule has 37 heavy (non-hydrogen) atoms. The maximum Gasteiger partial charge on any atom is 0.494 e.